The molecule has 0 radical (unpaired) electrons. The van der Waals surface area contributed by atoms with Gasteiger partial charge >= 0.3 is 0 Å². The van der Waals surface area contributed by atoms with Crippen molar-refractivity contribution in [2.24, 2.45) is 0 Å². The molecule has 6 nitrogen and oxygen atoms in total. The van der Waals surface area contributed by atoms with Gasteiger partial charge in [0.15, 0.2) is 0 Å². The van der Waals surface area contributed by atoms with Gasteiger partial charge < -0.3 is 10.0 Å². The number of aromatic nitrogens is 3. The molecule has 1 amide bonds. The standard InChI is InChI=1S/C17H19FN4O2/c18-12-5-1-2-6-13(12)21-10-3-7-14(16(21)23)22-11-15(19-20-22)17(24)8-4-9-17/h1-2,5-6,11,14,24H,3-4,7-10H2. The van der Waals surface area contributed by atoms with Gasteiger partial charge in [0.05, 0.1) is 11.9 Å². The molecule has 1 N–H and O–H groups in total. The van der Waals surface area contributed by atoms with Gasteiger partial charge in [0, 0.05) is 6.54 Å². The molecule has 2 heterocycles. The van der Waals surface area contributed by atoms with Crippen molar-refractivity contribution in [3.63, 3.8) is 0 Å². The van der Waals surface area contributed by atoms with Crippen LogP contribution < -0.4 is 4.90 Å². The molecule has 0 bridgehead atoms. The minimum atomic E-state index is -0.902. The summed E-state index contributed by atoms with van der Waals surface area (Å²) >= 11 is 0. The molecule has 2 aliphatic rings. The predicted octanol–water partition coefficient (Wildman–Crippen LogP) is 2.16. The summed E-state index contributed by atoms with van der Waals surface area (Å²) in [4.78, 5) is 14.3. The summed E-state index contributed by atoms with van der Waals surface area (Å²) in [6.45, 7) is 0.488. The number of carbonyl (C=O) groups excluding carboxylic acids is 1. The average Bonchev–Trinajstić information content (AvgIpc) is 3.04. The highest BCUT2D eigenvalue weighted by molar-refractivity contribution is 5.96. The van der Waals surface area contributed by atoms with Crippen LogP contribution in [0.4, 0.5) is 10.1 Å². The Morgan fingerprint density at radius 1 is 1.25 bits per heavy atom. The van der Waals surface area contributed by atoms with Crippen molar-refractivity contribution in [1.29, 1.82) is 0 Å². The minimum absolute atomic E-state index is 0.191. The van der Waals surface area contributed by atoms with Crippen molar-refractivity contribution in [2.75, 3.05) is 11.4 Å². The molecule has 2 fully saturated rings. The molecule has 1 aliphatic carbocycles. The van der Waals surface area contributed by atoms with E-state index >= 15 is 0 Å². The zero-order chi connectivity index (χ0) is 16.7. The number of piperidine rings is 1. The van der Waals surface area contributed by atoms with Crippen LogP contribution in [0.3, 0.4) is 0 Å². The highest BCUT2D eigenvalue weighted by Gasteiger charge is 2.40. The molecule has 24 heavy (non-hydrogen) atoms. The van der Waals surface area contributed by atoms with Crippen LogP contribution in [0, 0.1) is 5.82 Å². The maximum atomic E-state index is 14.0. The molecule has 1 unspecified atom stereocenters. The van der Waals surface area contributed by atoms with Gasteiger partial charge in [-0.25, -0.2) is 9.07 Å². The molecule has 1 saturated heterocycles. The third-order valence-electron chi connectivity index (χ3n) is 5.04. The Balaban J connectivity index is 1.60. The molecule has 126 valence electrons. The largest absolute Gasteiger partial charge is 0.383 e. The molecule has 1 atom stereocenters. The number of para-hydroxylation sites is 1. The van der Waals surface area contributed by atoms with E-state index in [9.17, 15) is 14.3 Å². The first-order chi connectivity index (χ1) is 11.6. The topological polar surface area (TPSA) is 71.2 Å². The molecule has 0 spiro atoms. The number of amides is 1. The van der Waals surface area contributed by atoms with E-state index in [1.165, 1.54) is 15.6 Å². The Morgan fingerprint density at radius 3 is 2.75 bits per heavy atom. The van der Waals surface area contributed by atoms with E-state index in [4.69, 9.17) is 0 Å². The number of benzene rings is 1. The first-order valence-electron chi connectivity index (χ1n) is 8.29. The number of carbonyl (C=O) groups is 1. The smallest absolute Gasteiger partial charge is 0.251 e. The molecule has 1 aromatic carbocycles. The molecule has 1 aromatic heterocycles. The lowest BCUT2D eigenvalue weighted by Gasteiger charge is -2.34. The van der Waals surface area contributed by atoms with Crippen molar-refractivity contribution in [3.8, 4) is 0 Å². The molecular formula is C17H19FN4O2. The number of aliphatic hydroxyl groups is 1. The van der Waals surface area contributed by atoms with Gasteiger partial charge in [-0.3, -0.25) is 4.79 Å². The third-order valence-corrected chi connectivity index (χ3v) is 5.04. The maximum Gasteiger partial charge on any atom is 0.251 e. The highest BCUT2D eigenvalue weighted by Crippen LogP contribution is 2.40. The Bertz CT molecular complexity index is 771. The Morgan fingerprint density at radius 2 is 2.04 bits per heavy atom. The van der Waals surface area contributed by atoms with Crippen molar-refractivity contribution < 1.29 is 14.3 Å². The number of hydrogen-bond donors (Lipinski definition) is 1. The Kier molecular flexibility index (Phi) is 3.60. The van der Waals surface area contributed by atoms with Crippen LogP contribution in [0.1, 0.15) is 43.8 Å². The zero-order valence-corrected chi connectivity index (χ0v) is 13.2. The molecule has 7 heteroatoms. The zero-order valence-electron chi connectivity index (χ0n) is 13.2. The fourth-order valence-corrected chi connectivity index (χ4v) is 3.42. The van der Waals surface area contributed by atoms with Crippen LogP contribution in [-0.2, 0) is 10.4 Å². The van der Waals surface area contributed by atoms with E-state index in [1.54, 1.807) is 24.4 Å². The van der Waals surface area contributed by atoms with Crippen LogP contribution >= 0.6 is 0 Å². The summed E-state index contributed by atoms with van der Waals surface area (Å²) in [6.07, 6.45) is 5.35. The second kappa shape index (κ2) is 5.66. The van der Waals surface area contributed by atoms with Gasteiger partial charge in [0.2, 0.25) is 0 Å². The van der Waals surface area contributed by atoms with Crippen molar-refractivity contribution in [3.05, 3.63) is 42.0 Å². The van der Waals surface area contributed by atoms with E-state index < -0.39 is 17.5 Å². The van der Waals surface area contributed by atoms with Crippen LogP contribution in [-0.4, -0.2) is 32.6 Å². The van der Waals surface area contributed by atoms with Gasteiger partial charge in [-0.1, -0.05) is 17.3 Å². The fourth-order valence-electron chi connectivity index (χ4n) is 3.42. The normalized spacial score (nSPS) is 23.2. The summed E-state index contributed by atoms with van der Waals surface area (Å²) < 4.78 is 15.5. The first kappa shape index (κ1) is 15.3. The number of nitrogens with zero attached hydrogens (tertiary/aromatic N) is 4. The first-order valence-corrected chi connectivity index (χ1v) is 8.29. The van der Waals surface area contributed by atoms with Gasteiger partial charge in [0.1, 0.15) is 23.2 Å². The van der Waals surface area contributed by atoms with E-state index in [1.807, 2.05) is 0 Å². The van der Waals surface area contributed by atoms with Crippen LogP contribution in [0.15, 0.2) is 30.5 Å². The number of anilines is 1. The molecular weight excluding hydrogens is 311 g/mol. The quantitative estimate of drug-likeness (QED) is 0.936. The SMILES string of the molecule is O=C1C(n2cc(C3(O)CCC3)nn2)CCCN1c1ccccc1F. The summed E-state index contributed by atoms with van der Waals surface area (Å²) in [7, 11) is 0. The van der Waals surface area contributed by atoms with Crippen LogP contribution in [0.2, 0.25) is 0 Å². The Labute approximate surface area is 138 Å². The van der Waals surface area contributed by atoms with Crippen molar-refractivity contribution in [2.45, 2.75) is 43.7 Å². The van der Waals surface area contributed by atoms with E-state index in [0.29, 0.717) is 37.2 Å². The maximum absolute atomic E-state index is 14.0. The average molecular weight is 330 g/mol. The van der Waals surface area contributed by atoms with Gasteiger partial charge in [-0.15, -0.1) is 5.10 Å². The van der Waals surface area contributed by atoms with Gasteiger partial charge in [0.25, 0.3) is 5.91 Å². The van der Waals surface area contributed by atoms with Gasteiger partial charge in [-0.05, 0) is 44.2 Å². The fraction of sp³-hybridized carbons (Fsp3) is 0.471. The lowest BCUT2D eigenvalue weighted by Crippen LogP contribution is -2.43. The van der Waals surface area contributed by atoms with Crippen molar-refractivity contribution >= 4 is 11.6 Å². The molecule has 2 aromatic rings. The van der Waals surface area contributed by atoms with E-state index in [0.717, 1.165) is 12.8 Å². The number of hydrogen-bond acceptors (Lipinski definition) is 4. The summed E-state index contributed by atoms with van der Waals surface area (Å²) in [6, 6.07) is 5.77. The second-order valence-electron chi connectivity index (χ2n) is 6.57. The van der Waals surface area contributed by atoms with E-state index in [2.05, 4.69) is 10.3 Å². The predicted molar refractivity (Wildman–Crippen MR) is 84.8 cm³/mol. The van der Waals surface area contributed by atoms with Crippen LogP contribution in [0.25, 0.3) is 0 Å². The van der Waals surface area contributed by atoms with Crippen molar-refractivity contribution in [1.82, 2.24) is 15.0 Å². The Hall–Kier alpha value is -2.28. The summed E-state index contributed by atoms with van der Waals surface area (Å²) in [5.41, 5.74) is -0.0870. The third kappa shape index (κ3) is 2.39. The molecule has 1 saturated carbocycles. The monoisotopic (exact) mass is 330 g/mol. The van der Waals surface area contributed by atoms with Gasteiger partial charge in [-0.2, -0.15) is 0 Å². The summed E-state index contributed by atoms with van der Waals surface area (Å²) in [5, 5.41) is 18.5. The lowest BCUT2D eigenvalue weighted by molar-refractivity contribution is -0.123. The van der Waals surface area contributed by atoms with Crippen LogP contribution in [0.5, 0.6) is 0 Å². The second-order valence-corrected chi connectivity index (χ2v) is 6.57. The highest BCUT2D eigenvalue weighted by atomic mass is 19.1. The van der Waals surface area contributed by atoms with E-state index in [-0.39, 0.29) is 5.91 Å². The number of rotatable bonds is 3. The number of halogens is 1. The molecule has 4 rings (SSSR count). The minimum Gasteiger partial charge on any atom is -0.383 e. The lowest BCUT2D eigenvalue weighted by atomic mass is 9.78. The molecule has 1 aliphatic heterocycles. The summed E-state index contributed by atoms with van der Waals surface area (Å²) in [5.74, 6) is -0.599.